The number of carbonyl (C=O) groups excluding carboxylic acids is 2. The van der Waals surface area contributed by atoms with Crippen LogP contribution in [0.2, 0.25) is 5.02 Å². The number of carbonyl (C=O) groups is 2. The molecule has 6 heteroatoms. The first-order valence-corrected chi connectivity index (χ1v) is 5.85. The Morgan fingerprint density at radius 1 is 1.33 bits per heavy atom. The number of piperidine rings is 1. The van der Waals surface area contributed by atoms with Crippen molar-refractivity contribution in [2.45, 2.75) is 25.4 Å². The van der Waals surface area contributed by atoms with Gasteiger partial charge in [-0.25, -0.2) is 0 Å². The van der Waals surface area contributed by atoms with E-state index in [1.54, 1.807) is 0 Å². The number of nitrogens with one attached hydrogen (secondary N) is 2. The minimum atomic E-state index is -0.316. The molecule has 0 aromatic heterocycles. The standard InChI is InChI=1S/C12H13ClN2O2.ClH/c13-9-4-2-1-3-8(9)7-14-10-5-6-11(16)15-12(10)17;/h1-4,10,14H,5-7H2,(H,15,16,17);1H. The molecule has 1 aliphatic heterocycles. The summed E-state index contributed by atoms with van der Waals surface area (Å²) in [6.07, 6.45) is 0.918. The Morgan fingerprint density at radius 2 is 2.06 bits per heavy atom. The van der Waals surface area contributed by atoms with Crippen molar-refractivity contribution < 1.29 is 9.59 Å². The molecule has 2 amide bonds. The van der Waals surface area contributed by atoms with Gasteiger partial charge in [0.05, 0.1) is 6.04 Å². The Morgan fingerprint density at radius 3 is 2.72 bits per heavy atom. The van der Waals surface area contributed by atoms with Crippen molar-refractivity contribution in [3.05, 3.63) is 34.9 Å². The Balaban J connectivity index is 0.00000162. The van der Waals surface area contributed by atoms with Gasteiger partial charge < -0.3 is 5.32 Å². The number of imide groups is 1. The average Bonchev–Trinajstić information content (AvgIpc) is 2.30. The molecule has 1 unspecified atom stereocenters. The smallest absolute Gasteiger partial charge is 0.243 e. The number of halogens is 2. The molecular weight excluding hydrogens is 275 g/mol. The number of amides is 2. The average molecular weight is 289 g/mol. The van der Waals surface area contributed by atoms with Crippen LogP contribution in [0.5, 0.6) is 0 Å². The highest BCUT2D eigenvalue weighted by Crippen LogP contribution is 2.15. The first kappa shape index (κ1) is 15.0. The second-order valence-corrected chi connectivity index (χ2v) is 4.38. The zero-order chi connectivity index (χ0) is 12.3. The van der Waals surface area contributed by atoms with E-state index >= 15 is 0 Å². The Labute approximate surface area is 116 Å². The molecule has 1 aromatic rings. The van der Waals surface area contributed by atoms with Gasteiger partial charge in [-0.1, -0.05) is 29.8 Å². The van der Waals surface area contributed by atoms with Crippen LogP contribution in [0.1, 0.15) is 18.4 Å². The fourth-order valence-electron chi connectivity index (χ4n) is 1.76. The highest BCUT2D eigenvalue weighted by Gasteiger charge is 2.25. The molecule has 0 radical (unpaired) electrons. The zero-order valence-electron chi connectivity index (χ0n) is 9.61. The van der Waals surface area contributed by atoms with Gasteiger partial charge in [-0.15, -0.1) is 12.4 Å². The van der Waals surface area contributed by atoms with Crippen molar-refractivity contribution in [2.75, 3.05) is 0 Å². The quantitative estimate of drug-likeness (QED) is 0.832. The third kappa shape index (κ3) is 3.70. The molecule has 4 nitrogen and oxygen atoms in total. The van der Waals surface area contributed by atoms with Crippen molar-refractivity contribution in [1.82, 2.24) is 10.6 Å². The van der Waals surface area contributed by atoms with E-state index in [4.69, 9.17) is 11.6 Å². The topological polar surface area (TPSA) is 58.2 Å². The first-order valence-electron chi connectivity index (χ1n) is 5.47. The zero-order valence-corrected chi connectivity index (χ0v) is 11.2. The lowest BCUT2D eigenvalue weighted by Gasteiger charge is -2.22. The summed E-state index contributed by atoms with van der Waals surface area (Å²) < 4.78 is 0. The molecule has 1 heterocycles. The molecule has 2 N–H and O–H groups in total. The highest BCUT2D eigenvalue weighted by atomic mass is 35.5. The molecule has 18 heavy (non-hydrogen) atoms. The molecule has 98 valence electrons. The van der Waals surface area contributed by atoms with Crippen LogP contribution < -0.4 is 10.6 Å². The van der Waals surface area contributed by atoms with Crippen LogP contribution in [0.3, 0.4) is 0 Å². The summed E-state index contributed by atoms with van der Waals surface area (Å²) in [5.74, 6) is -0.459. The van der Waals surface area contributed by atoms with Crippen LogP contribution in [-0.2, 0) is 16.1 Å². The highest BCUT2D eigenvalue weighted by molar-refractivity contribution is 6.31. The molecular formula is C12H14Cl2N2O2. The second kappa shape index (κ2) is 6.73. The molecule has 1 aromatic carbocycles. The van der Waals surface area contributed by atoms with Gasteiger partial charge in [0.15, 0.2) is 0 Å². The summed E-state index contributed by atoms with van der Waals surface area (Å²) in [6, 6.07) is 7.15. The molecule has 1 atom stereocenters. The van der Waals surface area contributed by atoms with Crippen LogP contribution in [-0.4, -0.2) is 17.9 Å². The summed E-state index contributed by atoms with van der Waals surface area (Å²) in [4.78, 5) is 22.5. The fourth-order valence-corrected chi connectivity index (χ4v) is 1.97. The molecule has 1 saturated heterocycles. The van der Waals surface area contributed by atoms with Gasteiger partial charge in [0.2, 0.25) is 11.8 Å². The van der Waals surface area contributed by atoms with E-state index in [0.29, 0.717) is 24.4 Å². The van der Waals surface area contributed by atoms with Gasteiger partial charge in [0.1, 0.15) is 0 Å². The normalized spacial score (nSPS) is 19.1. The summed E-state index contributed by atoms with van der Waals surface area (Å²) in [7, 11) is 0. The summed E-state index contributed by atoms with van der Waals surface area (Å²) in [6.45, 7) is 0.520. The molecule has 1 aliphatic rings. The Bertz CT molecular complexity index is 451. The predicted octanol–water partition coefficient (Wildman–Crippen LogP) is 1.66. The molecule has 1 fully saturated rings. The Hall–Kier alpha value is -1.10. The minimum Gasteiger partial charge on any atom is -0.302 e. The van der Waals surface area contributed by atoms with Crippen molar-refractivity contribution in [3.63, 3.8) is 0 Å². The van der Waals surface area contributed by atoms with E-state index in [0.717, 1.165) is 5.56 Å². The van der Waals surface area contributed by atoms with Gasteiger partial charge in [-0.3, -0.25) is 14.9 Å². The molecule has 2 rings (SSSR count). The van der Waals surface area contributed by atoms with E-state index in [1.807, 2.05) is 24.3 Å². The third-order valence-corrected chi connectivity index (χ3v) is 3.10. The first-order chi connectivity index (χ1) is 8.16. The van der Waals surface area contributed by atoms with E-state index in [2.05, 4.69) is 10.6 Å². The predicted molar refractivity (Wildman–Crippen MR) is 71.7 cm³/mol. The van der Waals surface area contributed by atoms with Crippen molar-refractivity contribution in [2.24, 2.45) is 0 Å². The van der Waals surface area contributed by atoms with Crippen LogP contribution in [0.15, 0.2) is 24.3 Å². The molecule has 0 aliphatic carbocycles. The monoisotopic (exact) mass is 288 g/mol. The van der Waals surface area contributed by atoms with Crippen LogP contribution in [0.4, 0.5) is 0 Å². The lowest BCUT2D eigenvalue weighted by Crippen LogP contribution is -2.50. The number of hydrogen-bond acceptors (Lipinski definition) is 3. The number of benzene rings is 1. The summed E-state index contributed by atoms with van der Waals surface area (Å²) >= 11 is 6.01. The summed E-state index contributed by atoms with van der Waals surface area (Å²) in [5, 5.41) is 6.08. The largest absolute Gasteiger partial charge is 0.302 e. The molecule has 0 bridgehead atoms. The van der Waals surface area contributed by atoms with Crippen molar-refractivity contribution in [1.29, 1.82) is 0 Å². The van der Waals surface area contributed by atoms with E-state index < -0.39 is 0 Å². The minimum absolute atomic E-state index is 0. The van der Waals surface area contributed by atoms with Crippen LogP contribution >= 0.6 is 24.0 Å². The maximum Gasteiger partial charge on any atom is 0.243 e. The van der Waals surface area contributed by atoms with Gasteiger partial charge in [-0.05, 0) is 18.1 Å². The van der Waals surface area contributed by atoms with Crippen LogP contribution in [0, 0.1) is 0 Å². The van der Waals surface area contributed by atoms with Crippen molar-refractivity contribution in [3.8, 4) is 0 Å². The van der Waals surface area contributed by atoms with Gasteiger partial charge >= 0.3 is 0 Å². The lowest BCUT2D eigenvalue weighted by atomic mass is 10.1. The molecule has 0 saturated carbocycles. The Kier molecular flexibility index (Phi) is 5.59. The van der Waals surface area contributed by atoms with E-state index in [9.17, 15) is 9.59 Å². The molecule has 0 spiro atoms. The summed E-state index contributed by atoms with van der Waals surface area (Å²) in [5.41, 5.74) is 0.943. The van der Waals surface area contributed by atoms with E-state index in [-0.39, 0.29) is 30.3 Å². The van der Waals surface area contributed by atoms with Gasteiger partial charge in [0, 0.05) is 18.0 Å². The van der Waals surface area contributed by atoms with E-state index in [1.165, 1.54) is 0 Å². The fraction of sp³-hybridized carbons (Fsp3) is 0.333. The second-order valence-electron chi connectivity index (χ2n) is 3.98. The van der Waals surface area contributed by atoms with Crippen molar-refractivity contribution >= 4 is 35.8 Å². The maximum atomic E-state index is 11.5. The van der Waals surface area contributed by atoms with Gasteiger partial charge in [0.25, 0.3) is 0 Å². The van der Waals surface area contributed by atoms with Gasteiger partial charge in [-0.2, -0.15) is 0 Å². The number of hydrogen-bond donors (Lipinski definition) is 2. The third-order valence-electron chi connectivity index (χ3n) is 2.74. The number of rotatable bonds is 3. The van der Waals surface area contributed by atoms with Crippen LogP contribution in [0.25, 0.3) is 0 Å². The maximum absolute atomic E-state index is 11.5. The SMILES string of the molecule is Cl.O=C1CCC(NCc2ccccc2Cl)C(=O)N1. The lowest BCUT2D eigenvalue weighted by molar-refractivity contribution is -0.134.